The highest BCUT2D eigenvalue weighted by Gasteiger charge is 2.26. The van der Waals surface area contributed by atoms with E-state index in [1.807, 2.05) is 6.92 Å². The summed E-state index contributed by atoms with van der Waals surface area (Å²) in [6.45, 7) is 4.78. The first-order chi connectivity index (χ1) is 13.2. The highest BCUT2D eigenvalue weighted by molar-refractivity contribution is 5.85. The van der Waals surface area contributed by atoms with Gasteiger partial charge in [0.25, 0.3) is 0 Å². The Morgan fingerprint density at radius 2 is 2.07 bits per heavy atom. The van der Waals surface area contributed by atoms with Crippen molar-refractivity contribution in [2.45, 2.75) is 58.1 Å². The Kier molecular flexibility index (Phi) is 9.32. The molecule has 1 N–H and O–H groups in total. The van der Waals surface area contributed by atoms with E-state index in [2.05, 4.69) is 5.32 Å². The molecule has 1 unspecified atom stereocenters. The fourth-order valence-corrected chi connectivity index (χ4v) is 3.91. The average Bonchev–Trinajstić information content (AvgIpc) is 2.72. The zero-order valence-electron chi connectivity index (χ0n) is 16.6. The van der Waals surface area contributed by atoms with E-state index < -0.39 is 0 Å². The van der Waals surface area contributed by atoms with Crippen molar-refractivity contribution in [3.63, 3.8) is 0 Å². The summed E-state index contributed by atoms with van der Waals surface area (Å²) in [5.74, 6) is 0.852. The van der Waals surface area contributed by atoms with E-state index in [0.29, 0.717) is 30.4 Å². The molecule has 1 saturated carbocycles. The third-order valence-electron chi connectivity index (χ3n) is 5.63. The first-order valence-corrected chi connectivity index (χ1v) is 10.2. The van der Waals surface area contributed by atoms with Gasteiger partial charge in [0, 0.05) is 31.2 Å². The number of hydrogen-bond donors (Lipinski definition) is 1. The lowest BCUT2D eigenvalue weighted by molar-refractivity contribution is 0.0705. The molecular weight excluding hydrogens is 383 g/mol. The van der Waals surface area contributed by atoms with Gasteiger partial charge in [-0.1, -0.05) is 26.2 Å². The molecule has 158 valence electrons. The third kappa shape index (κ3) is 6.24. The summed E-state index contributed by atoms with van der Waals surface area (Å²) >= 11 is 0. The number of ether oxygens (including phenoxy) is 2. The molecule has 1 aromatic carbocycles. The maximum Gasteiger partial charge on any atom is 0.410 e. The van der Waals surface area contributed by atoms with Gasteiger partial charge >= 0.3 is 6.09 Å². The molecule has 28 heavy (non-hydrogen) atoms. The molecule has 1 aromatic rings. The summed E-state index contributed by atoms with van der Waals surface area (Å²) in [6.07, 6.45) is 6.74. The van der Waals surface area contributed by atoms with Gasteiger partial charge < -0.3 is 19.7 Å². The van der Waals surface area contributed by atoms with Crippen LogP contribution in [0.4, 0.5) is 9.18 Å². The third-order valence-corrected chi connectivity index (χ3v) is 5.63. The van der Waals surface area contributed by atoms with E-state index in [1.54, 1.807) is 17.0 Å². The van der Waals surface area contributed by atoms with Crippen LogP contribution in [0.1, 0.15) is 51.0 Å². The van der Waals surface area contributed by atoms with Gasteiger partial charge in [0.05, 0.1) is 6.61 Å². The number of benzene rings is 1. The van der Waals surface area contributed by atoms with Gasteiger partial charge in [-0.3, -0.25) is 0 Å². The molecule has 0 spiro atoms. The number of nitrogens with one attached hydrogen (secondary N) is 1. The van der Waals surface area contributed by atoms with Crippen LogP contribution in [0, 0.1) is 11.7 Å². The first kappa shape index (κ1) is 22.8. The van der Waals surface area contributed by atoms with Crippen molar-refractivity contribution >= 4 is 18.5 Å². The number of hydrogen-bond acceptors (Lipinski definition) is 4. The summed E-state index contributed by atoms with van der Waals surface area (Å²) in [6, 6.07) is 4.81. The van der Waals surface area contributed by atoms with Crippen LogP contribution in [0.5, 0.6) is 5.75 Å². The number of amides is 1. The summed E-state index contributed by atoms with van der Waals surface area (Å²) in [5, 5.41) is 3.28. The average molecular weight is 415 g/mol. The fraction of sp³-hybridized carbons (Fsp3) is 0.667. The molecule has 1 amide bonds. The zero-order valence-corrected chi connectivity index (χ0v) is 17.4. The van der Waals surface area contributed by atoms with E-state index in [-0.39, 0.29) is 37.0 Å². The first-order valence-electron chi connectivity index (χ1n) is 10.2. The SMILES string of the molecule is CCC1CNCCN1C(=O)OCc1cc(OCC2CCCCC2)ccc1F.Cl. The van der Waals surface area contributed by atoms with Crippen molar-refractivity contribution in [1.82, 2.24) is 10.2 Å². The van der Waals surface area contributed by atoms with E-state index in [4.69, 9.17) is 9.47 Å². The molecule has 7 heteroatoms. The molecule has 1 saturated heterocycles. The zero-order chi connectivity index (χ0) is 19.1. The van der Waals surface area contributed by atoms with Crippen LogP contribution in [0.3, 0.4) is 0 Å². The molecule has 2 aliphatic rings. The van der Waals surface area contributed by atoms with Gasteiger partial charge in [-0.2, -0.15) is 0 Å². The van der Waals surface area contributed by atoms with Gasteiger partial charge in [0.15, 0.2) is 0 Å². The summed E-state index contributed by atoms with van der Waals surface area (Å²) in [4.78, 5) is 14.1. The molecular formula is C21H32ClFN2O3. The minimum atomic E-state index is -0.378. The summed E-state index contributed by atoms with van der Waals surface area (Å²) in [7, 11) is 0. The Morgan fingerprint density at radius 3 is 2.82 bits per heavy atom. The number of nitrogens with zero attached hydrogens (tertiary/aromatic N) is 1. The largest absolute Gasteiger partial charge is 0.493 e. The minimum absolute atomic E-state index is 0. The van der Waals surface area contributed by atoms with Crippen molar-refractivity contribution in [1.29, 1.82) is 0 Å². The highest BCUT2D eigenvalue weighted by Crippen LogP contribution is 2.25. The van der Waals surface area contributed by atoms with Crippen molar-refractivity contribution in [3.8, 4) is 5.75 Å². The fourth-order valence-electron chi connectivity index (χ4n) is 3.91. The molecule has 5 nitrogen and oxygen atoms in total. The molecule has 1 heterocycles. The second kappa shape index (κ2) is 11.5. The molecule has 1 atom stereocenters. The number of carbonyl (C=O) groups excluding carboxylic acids is 1. The van der Waals surface area contributed by atoms with Crippen molar-refractivity contribution in [2.75, 3.05) is 26.2 Å². The lowest BCUT2D eigenvalue weighted by Crippen LogP contribution is -2.53. The normalized spacial score (nSPS) is 20.4. The minimum Gasteiger partial charge on any atom is -0.493 e. The summed E-state index contributed by atoms with van der Waals surface area (Å²) in [5.41, 5.74) is 0.354. The molecule has 3 rings (SSSR count). The van der Waals surface area contributed by atoms with Crippen LogP contribution in [-0.4, -0.2) is 43.3 Å². The Labute approximate surface area is 173 Å². The van der Waals surface area contributed by atoms with Crippen LogP contribution < -0.4 is 10.1 Å². The van der Waals surface area contributed by atoms with Crippen molar-refractivity contribution in [2.24, 2.45) is 5.92 Å². The Hall–Kier alpha value is -1.53. The van der Waals surface area contributed by atoms with Crippen molar-refractivity contribution < 1.29 is 18.7 Å². The topological polar surface area (TPSA) is 50.8 Å². The van der Waals surface area contributed by atoms with Crippen LogP contribution in [0.25, 0.3) is 0 Å². The lowest BCUT2D eigenvalue weighted by Gasteiger charge is -2.34. The quantitative estimate of drug-likeness (QED) is 0.743. The van der Waals surface area contributed by atoms with E-state index in [0.717, 1.165) is 19.5 Å². The van der Waals surface area contributed by atoms with Crippen LogP contribution in [-0.2, 0) is 11.3 Å². The van der Waals surface area contributed by atoms with Gasteiger partial charge in [-0.15, -0.1) is 12.4 Å². The number of rotatable bonds is 6. The van der Waals surface area contributed by atoms with Crippen LogP contribution in [0.2, 0.25) is 0 Å². The van der Waals surface area contributed by atoms with E-state index in [1.165, 1.54) is 38.2 Å². The molecule has 1 aliphatic heterocycles. The maximum absolute atomic E-state index is 14.1. The number of carbonyl (C=O) groups is 1. The molecule has 0 aromatic heterocycles. The summed E-state index contributed by atoms with van der Waals surface area (Å²) < 4.78 is 25.4. The highest BCUT2D eigenvalue weighted by atomic mass is 35.5. The molecule has 2 fully saturated rings. The Morgan fingerprint density at radius 1 is 1.29 bits per heavy atom. The molecule has 0 bridgehead atoms. The Bertz CT molecular complexity index is 626. The van der Waals surface area contributed by atoms with E-state index in [9.17, 15) is 9.18 Å². The van der Waals surface area contributed by atoms with Gasteiger partial charge in [0.1, 0.15) is 18.2 Å². The van der Waals surface area contributed by atoms with Crippen LogP contribution in [0.15, 0.2) is 18.2 Å². The van der Waals surface area contributed by atoms with Gasteiger partial charge in [-0.05, 0) is 43.4 Å². The second-order valence-electron chi connectivity index (χ2n) is 7.58. The number of halogens is 2. The molecule has 0 radical (unpaired) electrons. The standard InChI is InChI=1S/C21H31FN2O3.ClH/c1-2-18-13-23-10-11-24(18)21(25)27-15-17-12-19(8-9-20(17)22)26-14-16-6-4-3-5-7-16;/h8-9,12,16,18,23H,2-7,10-11,13-15H2,1H3;1H. The second-order valence-corrected chi connectivity index (χ2v) is 7.58. The lowest BCUT2D eigenvalue weighted by atomic mass is 9.90. The van der Waals surface area contributed by atoms with Crippen LogP contribution >= 0.6 is 12.4 Å². The Balaban J connectivity index is 0.00000280. The molecule has 1 aliphatic carbocycles. The van der Waals surface area contributed by atoms with Crippen molar-refractivity contribution in [3.05, 3.63) is 29.6 Å². The van der Waals surface area contributed by atoms with E-state index >= 15 is 0 Å². The predicted octanol–water partition coefficient (Wildman–Crippen LogP) is 4.53. The smallest absolute Gasteiger partial charge is 0.410 e. The maximum atomic E-state index is 14.1. The number of piperazine rings is 1. The predicted molar refractivity (Wildman–Crippen MR) is 110 cm³/mol. The van der Waals surface area contributed by atoms with Gasteiger partial charge in [-0.25, -0.2) is 9.18 Å². The van der Waals surface area contributed by atoms with Gasteiger partial charge in [0.2, 0.25) is 0 Å². The monoisotopic (exact) mass is 414 g/mol.